The van der Waals surface area contributed by atoms with Crippen molar-refractivity contribution in [2.75, 3.05) is 16.9 Å². The lowest BCUT2D eigenvalue weighted by Crippen LogP contribution is -2.15. The molecule has 0 aliphatic carbocycles. The van der Waals surface area contributed by atoms with Gasteiger partial charge in [0.25, 0.3) is 5.91 Å². The first kappa shape index (κ1) is 16.0. The number of aromatic nitrogens is 3. The molecule has 1 aliphatic rings. The normalized spacial score (nSPS) is 14.7. The molecular weight excluding hydrogens is 325 g/mol. The first-order chi connectivity index (χ1) is 11.3. The van der Waals surface area contributed by atoms with Crippen molar-refractivity contribution < 1.29 is 18.0 Å². The van der Waals surface area contributed by atoms with Gasteiger partial charge in [-0.3, -0.25) is 20.2 Å². The Hall–Kier alpha value is -2.91. The monoisotopic (exact) mass is 338 g/mol. The number of hydrazone groups is 1. The summed E-state index contributed by atoms with van der Waals surface area (Å²) in [6.07, 6.45) is -3.76. The molecule has 7 nitrogen and oxygen atoms in total. The summed E-state index contributed by atoms with van der Waals surface area (Å²) in [5.74, 6) is -2.30. The van der Waals surface area contributed by atoms with E-state index in [1.807, 2.05) is 11.9 Å². The number of nitrogens with one attached hydrogen (secondary N) is 2. The zero-order chi connectivity index (χ0) is 17.3. The van der Waals surface area contributed by atoms with E-state index in [4.69, 9.17) is 0 Å². The third kappa shape index (κ3) is 3.36. The zero-order valence-corrected chi connectivity index (χ0v) is 12.6. The van der Waals surface area contributed by atoms with Crippen molar-refractivity contribution in [3.8, 4) is 0 Å². The maximum atomic E-state index is 12.4. The summed E-state index contributed by atoms with van der Waals surface area (Å²) in [4.78, 5) is 15.2. The standard InChI is InChI=1S/C14H13F3N6O/c1-8-6-7-23(22-8)10-4-2-9(3-5-10)11(24)18-13-19-12(20-21-13)14(15,16)17/h2-5H,6-7H2,1H3,(H2,18,19,20,21,24). The van der Waals surface area contributed by atoms with E-state index in [0.29, 0.717) is 0 Å². The maximum absolute atomic E-state index is 12.4. The number of anilines is 2. The van der Waals surface area contributed by atoms with Crippen LogP contribution in [0, 0.1) is 0 Å². The van der Waals surface area contributed by atoms with Crippen LogP contribution in [-0.2, 0) is 6.18 Å². The van der Waals surface area contributed by atoms with Crippen molar-refractivity contribution in [1.29, 1.82) is 0 Å². The Bertz CT molecular complexity index is 781. The molecule has 1 aliphatic heterocycles. The van der Waals surface area contributed by atoms with Crippen LogP contribution >= 0.6 is 0 Å². The van der Waals surface area contributed by atoms with Crippen molar-refractivity contribution in [2.24, 2.45) is 5.10 Å². The number of rotatable bonds is 3. The highest BCUT2D eigenvalue weighted by atomic mass is 19.4. The number of carbonyl (C=O) groups is 1. The lowest BCUT2D eigenvalue weighted by molar-refractivity contribution is -0.144. The van der Waals surface area contributed by atoms with Crippen LogP contribution in [0.1, 0.15) is 29.5 Å². The van der Waals surface area contributed by atoms with Gasteiger partial charge < -0.3 is 0 Å². The highest BCUT2D eigenvalue weighted by Gasteiger charge is 2.35. The molecule has 2 N–H and O–H groups in total. The molecule has 0 radical (unpaired) electrons. The lowest BCUT2D eigenvalue weighted by Gasteiger charge is -2.13. The highest BCUT2D eigenvalue weighted by Crippen LogP contribution is 2.26. The molecular formula is C14H13F3N6O. The fourth-order valence-corrected chi connectivity index (χ4v) is 2.16. The second-order valence-corrected chi connectivity index (χ2v) is 5.21. The number of alkyl halides is 3. The van der Waals surface area contributed by atoms with Crippen LogP contribution in [0.2, 0.25) is 0 Å². The first-order valence-electron chi connectivity index (χ1n) is 7.05. The van der Waals surface area contributed by atoms with E-state index in [-0.39, 0.29) is 5.56 Å². The number of hydrogen-bond acceptors (Lipinski definition) is 5. The number of carbonyl (C=O) groups excluding carboxylic acids is 1. The van der Waals surface area contributed by atoms with Crippen molar-refractivity contribution in [3.05, 3.63) is 35.7 Å². The quantitative estimate of drug-likeness (QED) is 0.901. The topological polar surface area (TPSA) is 86.3 Å². The summed E-state index contributed by atoms with van der Waals surface area (Å²) in [6, 6.07) is 6.56. The highest BCUT2D eigenvalue weighted by molar-refractivity contribution is 6.03. The molecule has 1 amide bonds. The molecule has 0 spiro atoms. The average molecular weight is 338 g/mol. The second-order valence-electron chi connectivity index (χ2n) is 5.21. The third-order valence-corrected chi connectivity index (χ3v) is 3.38. The van der Waals surface area contributed by atoms with E-state index < -0.39 is 23.9 Å². The van der Waals surface area contributed by atoms with Crippen LogP contribution in [0.25, 0.3) is 0 Å². The van der Waals surface area contributed by atoms with Crippen LogP contribution in [0.15, 0.2) is 29.4 Å². The predicted octanol–water partition coefficient (Wildman–Crippen LogP) is 2.66. The van der Waals surface area contributed by atoms with Crippen LogP contribution in [0.5, 0.6) is 0 Å². The van der Waals surface area contributed by atoms with Gasteiger partial charge in [-0.25, -0.2) is 0 Å². The van der Waals surface area contributed by atoms with Gasteiger partial charge in [-0.1, -0.05) is 0 Å². The number of hydrogen-bond donors (Lipinski definition) is 2. The van der Waals surface area contributed by atoms with Gasteiger partial charge in [0.2, 0.25) is 11.8 Å². The smallest absolute Gasteiger partial charge is 0.289 e. The molecule has 0 bridgehead atoms. The number of nitrogens with zero attached hydrogens (tertiary/aromatic N) is 4. The van der Waals surface area contributed by atoms with Gasteiger partial charge in [0.05, 0.1) is 5.69 Å². The van der Waals surface area contributed by atoms with Crippen molar-refractivity contribution in [3.63, 3.8) is 0 Å². The predicted molar refractivity (Wildman–Crippen MR) is 80.9 cm³/mol. The van der Waals surface area contributed by atoms with Crippen molar-refractivity contribution >= 4 is 23.3 Å². The van der Waals surface area contributed by atoms with Gasteiger partial charge in [-0.2, -0.15) is 23.3 Å². The number of H-pyrrole nitrogens is 1. The van der Waals surface area contributed by atoms with Crippen LogP contribution in [0.3, 0.4) is 0 Å². The summed E-state index contributed by atoms with van der Waals surface area (Å²) < 4.78 is 37.3. The molecule has 0 unspecified atom stereocenters. The van der Waals surface area contributed by atoms with E-state index >= 15 is 0 Å². The van der Waals surface area contributed by atoms with Crippen LogP contribution < -0.4 is 10.3 Å². The minimum atomic E-state index is -4.65. The summed E-state index contributed by atoms with van der Waals surface area (Å²) in [6.45, 7) is 2.71. The van der Waals surface area contributed by atoms with Crippen LogP contribution in [0.4, 0.5) is 24.8 Å². The first-order valence-corrected chi connectivity index (χ1v) is 7.05. The average Bonchev–Trinajstić information content (AvgIpc) is 3.16. The van der Waals surface area contributed by atoms with Gasteiger partial charge in [-0.05, 0) is 31.2 Å². The van der Waals surface area contributed by atoms with Gasteiger partial charge in [-0.15, -0.1) is 5.10 Å². The van der Waals surface area contributed by atoms with E-state index in [0.717, 1.165) is 24.4 Å². The summed E-state index contributed by atoms with van der Waals surface area (Å²) in [5, 5.41) is 13.4. The van der Waals surface area contributed by atoms with E-state index in [2.05, 4.69) is 20.5 Å². The Labute approximate surface area is 134 Å². The maximum Gasteiger partial charge on any atom is 0.451 e. The molecule has 2 aromatic rings. The molecule has 0 saturated carbocycles. The summed E-state index contributed by atoms with van der Waals surface area (Å²) in [7, 11) is 0. The Morgan fingerprint density at radius 3 is 2.54 bits per heavy atom. The number of amides is 1. The Balaban J connectivity index is 1.68. The fourth-order valence-electron chi connectivity index (χ4n) is 2.16. The molecule has 2 heterocycles. The van der Waals surface area contributed by atoms with Gasteiger partial charge in [0.1, 0.15) is 0 Å². The molecule has 24 heavy (non-hydrogen) atoms. The zero-order valence-electron chi connectivity index (χ0n) is 12.6. The van der Waals surface area contributed by atoms with Gasteiger partial charge in [0, 0.05) is 24.2 Å². The molecule has 0 saturated heterocycles. The molecule has 0 atom stereocenters. The minimum absolute atomic E-state index is 0.275. The lowest BCUT2D eigenvalue weighted by atomic mass is 10.2. The molecule has 126 valence electrons. The van der Waals surface area contributed by atoms with E-state index in [1.165, 1.54) is 0 Å². The largest absolute Gasteiger partial charge is 0.451 e. The van der Waals surface area contributed by atoms with Crippen molar-refractivity contribution in [1.82, 2.24) is 15.2 Å². The summed E-state index contributed by atoms with van der Waals surface area (Å²) >= 11 is 0. The van der Waals surface area contributed by atoms with E-state index in [1.54, 1.807) is 29.4 Å². The van der Waals surface area contributed by atoms with Crippen molar-refractivity contribution in [2.45, 2.75) is 19.5 Å². The molecule has 1 aromatic heterocycles. The van der Waals surface area contributed by atoms with E-state index in [9.17, 15) is 18.0 Å². The molecule has 10 heteroatoms. The minimum Gasteiger partial charge on any atom is -0.289 e. The molecule has 0 fully saturated rings. The molecule has 3 rings (SSSR count). The Morgan fingerprint density at radius 2 is 2.00 bits per heavy atom. The SMILES string of the molecule is CC1=NN(c2ccc(C(=O)Nc3n[nH]c(C(F)(F)F)n3)cc2)CC1. The Kier molecular flexibility index (Phi) is 3.96. The summed E-state index contributed by atoms with van der Waals surface area (Å²) in [5.41, 5.74) is 2.14. The number of halogens is 3. The third-order valence-electron chi connectivity index (χ3n) is 3.38. The van der Waals surface area contributed by atoms with Gasteiger partial charge in [0.15, 0.2) is 0 Å². The number of benzene rings is 1. The Morgan fingerprint density at radius 1 is 1.29 bits per heavy atom. The fraction of sp³-hybridized carbons (Fsp3) is 0.286. The number of aromatic amines is 1. The second kappa shape index (κ2) is 5.95. The van der Waals surface area contributed by atoms with Gasteiger partial charge >= 0.3 is 6.18 Å². The molecule has 1 aromatic carbocycles. The van der Waals surface area contributed by atoms with Crippen LogP contribution in [-0.4, -0.2) is 33.3 Å².